The molecule has 0 amide bonds. The van der Waals surface area contributed by atoms with Crippen LogP contribution in [0.3, 0.4) is 0 Å². The number of rotatable bonds is 6. The first-order valence-electron chi connectivity index (χ1n) is 5.67. The molecule has 0 fully saturated rings. The van der Waals surface area contributed by atoms with Gasteiger partial charge in [-0.25, -0.2) is 9.97 Å². The Morgan fingerprint density at radius 3 is 2.65 bits per heavy atom. The zero-order valence-electron chi connectivity index (χ0n) is 10.8. The van der Waals surface area contributed by atoms with Gasteiger partial charge in [0.1, 0.15) is 17.5 Å². The molecule has 0 aliphatic rings. The van der Waals surface area contributed by atoms with Crippen LogP contribution in [0.5, 0.6) is 0 Å². The molecule has 6 heteroatoms. The van der Waals surface area contributed by atoms with E-state index in [2.05, 4.69) is 20.6 Å². The van der Waals surface area contributed by atoms with Crippen LogP contribution in [0.4, 0.5) is 11.6 Å². The minimum absolute atomic E-state index is 0.129. The number of nitrogens with one attached hydrogen (secondary N) is 2. The minimum Gasteiger partial charge on any atom is -0.370 e. The second kappa shape index (κ2) is 6.54. The van der Waals surface area contributed by atoms with Gasteiger partial charge >= 0.3 is 0 Å². The summed E-state index contributed by atoms with van der Waals surface area (Å²) in [4.78, 5) is 8.57. The fourth-order valence-electron chi connectivity index (χ4n) is 1.56. The highest BCUT2D eigenvalue weighted by atomic mass is 32.2. The van der Waals surface area contributed by atoms with E-state index in [4.69, 9.17) is 0 Å². The number of aryl methyl sites for hydroxylation is 1. The molecule has 0 saturated heterocycles. The lowest BCUT2D eigenvalue weighted by molar-refractivity contribution is 0.683. The summed E-state index contributed by atoms with van der Waals surface area (Å²) in [7, 11) is -0.805. The van der Waals surface area contributed by atoms with Crippen LogP contribution in [0.1, 0.15) is 19.7 Å². The third kappa shape index (κ3) is 5.12. The molecule has 1 rings (SSSR count). The van der Waals surface area contributed by atoms with Crippen LogP contribution in [-0.2, 0) is 10.8 Å². The standard InChI is InChI=1S/C11H20N4OS/c1-5-12-10-6-11(15-9(3)14-10)13-8(2)7-17(4)16/h6,8H,5,7H2,1-4H3,(H2,12,13,14,15). The van der Waals surface area contributed by atoms with Gasteiger partial charge in [-0.15, -0.1) is 0 Å². The predicted octanol–water partition coefficient (Wildman–Crippen LogP) is 1.40. The zero-order chi connectivity index (χ0) is 12.8. The van der Waals surface area contributed by atoms with Crippen LogP contribution >= 0.6 is 0 Å². The average Bonchev–Trinajstić information content (AvgIpc) is 2.14. The van der Waals surface area contributed by atoms with Crippen molar-refractivity contribution in [3.05, 3.63) is 11.9 Å². The van der Waals surface area contributed by atoms with Gasteiger partial charge in [0, 0.05) is 41.5 Å². The third-order valence-corrected chi connectivity index (χ3v) is 3.04. The molecule has 0 radical (unpaired) electrons. The van der Waals surface area contributed by atoms with Gasteiger partial charge in [0.2, 0.25) is 0 Å². The summed E-state index contributed by atoms with van der Waals surface area (Å²) in [5, 5.41) is 6.38. The topological polar surface area (TPSA) is 66.9 Å². The van der Waals surface area contributed by atoms with Crippen molar-refractivity contribution in [1.82, 2.24) is 9.97 Å². The van der Waals surface area contributed by atoms with E-state index in [1.54, 1.807) is 6.26 Å². The summed E-state index contributed by atoms with van der Waals surface area (Å²) in [6.45, 7) is 6.69. The second-order valence-electron chi connectivity index (χ2n) is 4.00. The molecule has 2 unspecified atom stereocenters. The van der Waals surface area contributed by atoms with E-state index in [9.17, 15) is 4.21 Å². The van der Waals surface area contributed by atoms with E-state index >= 15 is 0 Å². The Morgan fingerprint density at radius 1 is 1.41 bits per heavy atom. The van der Waals surface area contributed by atoms with Crippen LogP contribution < -0.4 is 10.6 Å². The fourth-order valence-corrected chi connectivity index (χ4v) is 2.35. The number of anilines is 2. The molecule has 0 aliphatic heterocycles. The second-order valence-corrected chi connectivity index (χ2v) is 5.48. The molecule has 96 valence electrons. The summed E-state index contributed by atoms with van der Waals surface area (Å²) in [5.74, 6) is 2.91. The van der Waals surface area contributed by atoms with Gasteiger partial charge in [0.05, 0.1) is 0 Å². The van der Waals surface area contributed by atoms with Gasteiger partial charge in [-0.1, -0.05) is 0 Å². The Hall–Kier alpha value is -1.17. The smallest absolute Gasteiger partial charge is 0.132 e. The molecule has 1 aromatic heterocycles. The molecule has 17 heavy (non-hydrogen) atoms. The molecule has 0 aromatic carbocycles. The average molecular weight is 256 g/mol. The monoisotopic (exact) mass is 256 g/mol. The third-order valence-electron chi connectivity index (χ3n) is 2.07. The number of aromatic nitrogens is 2. The van der Waals surface area contributed by atoms with E-state index in [1.807, 2.05) is 26.8 Å². The molecular formula is C11H20N4OS. The highest BCUT2D eigenvalue weighted by molar-refractivity contribution is 7.84. The Kier molecular flexibility index (Phi) is 5.34. The highest BCUT2D eigenvalue weighted by Crippen LogP contribution is 2.12. The van der Waals surface area contributed by atoms with E-state index < -0.39 is 10.8 Å². The number of hydrogen-bond acceptors (Lipinski definition) is 5. The molecule has 1 aromatic rings. The molecule has 1 heterocycles. The maximum atomic E-state index is 11.1. The Bertz CT molecular complexity index is 397. The summed E-state index contributed by atoms with van der Waals surface area (Å²) in [6, 6.07) is 2.00. The van der Waals surface area contributed by atoms with Crippen LogP contribution in [-0.4, -0.2) is 38.8 Å². The lowest BCUT2D eigenvalue weighted by Crippen LogP contribution is -2.23. The maximum absolute atomic E-state index is 11.1. The quantitative estimate of drug-likeness (QED) is 0.805. The van der Waals surface area contributed by atoms with Crippen molar-refractivity contribution in [2.75, 3.05) is 29.2 Å². The van der Waals surface area contributed by atoms with Gasteiger partial charge < -0.3 is 10.6 Å². The number of nitrogens with zero attached hydrogens (tertiary/aromatic N) is 2. The van der Waals surface area contributed by atoms with Crippen LogP contribution in [0.25, 0.3) is 0 Å². The van der Waals surface area contributed by atoms with Crippen molar-refractivity contribution in [2.24, 2.45) is 0 Å². The number of hydrogen-bond donors (Lipinski definition) is 2. The van der Waals surface area contributed by atoms with Crippen molar-refractivity contribution in [3.63, 3.8) is 0 Å². The van der Waals surface area contributed by atoms with Gasteiger partial charge in [0.25, 0.3) is 0 Å². The Balaban J connectivity index is 2.72. The van der Waals surface area contributed by atoms with Crippen LogP contribution in [0.2, 0.25) is 0 Å². The van der Waals surface area contributed by atoms with Crippen molar-refractivity contribution >= 4 is 22.4 Å². The largest absolute Gasteiger partial charge is 0.370 e. The van der Waals surface area contributed by atoms with Gasteiger partial charge in [-0.05, 0) is 20.8 Å². The van der Waals surface area contributed by atoms with E-state index in [-0.39, 0.29) is 6.04 Å². The van der Waals surface area contributed by atoms with Gasteiger partial charge in [0.15, 0.2) is 0 Å². The van der Waals surface area contributed by atoms with Crippen molar-refractivity contribution in [3.8, 4) is 0 Å². The first-order valence-corrected chi connectivity index (χ1v) is 7.40. The summed E-state index contributed by atoms with van der Waals surface area (Å²) < 4.78 is 11.1. The molecule has 5 nitrogen and oxygen atoms in total. The normalized spacial score (nSPS) is 14.1. The minimum atomic E-state index is -0.805. The maximum Gasteiger partial charge on any atom is 0.132 e. The zero-order valence-corrected chi connectivity index (χ0v) is 11.6. The lowest BCUT2D eigenvalue weighted by Gasteiger charge is -2.14. The Morgan fingerprint density at radius 2 is 2.06 bits per heavy atom. The first kappa shape index (κ1) is 13.9. The Labute approximate surface area is 105 Å². The summed E-state index contributed by atoms with van der Waals surface area (Å²) in [6.07, 6.45) is 1.70. The van der Waals surface area contributed by atoms with Gasteiger partial charge in [-0.3, -0.25) is 4.21 Å². The molecule has 0 aliphatic carbocycles. The molecule has 0 saturated carbocycles. The molecule has 2 N–H and O–H groups in total. The van der Waals surface area contributed by atoms with Crippen LogP contribution in [0.15, 0.2) is 6.07 Å². The predicted molar refractivity (Wildman–Crippen MR) is 73.0 cm³/mol. The first-order chi connectivity index (χ1) is 8.01. The van der Waals surface area contributed by atoms with Gasteiger partial charge in [-0.2, -0.15) is 0 Å². The molecular weight excluding hydrogens is 236 g/mol. The SMILES string of the molecule is CCNc1cc(NC(C)CS(C)=O)nc(C)n1. The highest BCUT2D eigenvalue weighted by Gasteiger charge is 2.07. The molecule has 0 spiro atoms. The van der Waals surface area contributed by atoms with Crippen LogP contribution in [0, 0.1) is 6.92 Å². The molecule has 0 bridgehead atoms. The van der Waals surface area contributed by atoms with E-state index in [0.717, 1.165) is 24.0 Å². The lowest BCUT2D eigenvalue weighted by atomic mass is 10.4. The van der Waals surface area contributed by atoms with Crippen molar-refractivity contribution < 1.29 is 4.21 Å². The fraction of sp³-hybridized carbons (Fsp3) is 0.636. The summed E-state index contributed by atoms with van der Waals surface area (Å²) in [5.41, 5.74) is 0. The molecule has 2 atom stereocenters. The summed E-state index contributed by atoms with van der Waals surface area (Å²) >= 11 is 0. The van der Waals surface area contributed by atoms with Crippen molar-refractivity contribution in [1.29, 1.82) is 0 Å². The van der Waals surface area contributed by atoms with E-state index in [0.29, 0.717) is 5.75 Å². The van der Waals surface area contributed by atoms with E-state index in [1.165, 1.54) is 0 Å². The van der Waals surface area contributed by atoms with Crippen molar-refractivity contribution in [2.45, 2.75) is 26.8 Å².